The van der Waals surface area contributed by atoms with Gasteiger partial charge in [0.2, 0.25) is 5.13 Å². The third-order valence-corrected chi connectivity index (χ3v) is 4.73. The van der Waals surface area contributed by atoms with E-state index in [1.54, 1.807) is 7.11 Å². The molecule has 0 saturated carbocycles. The van der Waals surface area contributed by atoms with E-state index in [4.69, 9.17) is 9.47 Å². The van der Waals surface area contributed by atoms with E-state index in [2.05, 4.69) is 15.5 Å². The van der Waals surface area contributed by atoms with Gasteiger partial charge in [0, 0.05) is 6.42 Å². The molecule has 2 aromatic carbocycles. The molecule has 0 fully saturated rings. The molecular weight excluding hydrogens is 362 g/mol. The molecule has 1 amide bonds. The maximum absolute atomic E-state index is 12.5. The Bertz CT molecular complexity index is 866. The largest absolute Gasteiger partial charge is 0.497 e. The summed E-state index contributed by atoms with van der Waals surface area (Å²) in [6, 6.07) is 17.1. The maximum atomic E-state index is 12.5. The molecule has 1 N–H and O–H groups in total. The van der Waals surface area contributed by atoms with E-state index in [1.807, 2.05) is 61.5 Å². The molecule has 27 heavy (non-hydrogen) atoms. The van der Waals surface area contributed by atoms with Crippen LogP contribution in [-0.2, 0) is 11.2 Å². The lowest BCUT2D eigenvalue weighted by atomic mass is 10.1. The van der Waals surface area contributed by atoms with Crippen LogP contribution in [0.3, 0.4) is 0 Å². The minimum Gasteiger partial charge on any atom is -0.497 e. The number of hydrogen-bond donors (Lipinski definition) is 1. The number of anilines is 1. The van der Waals surface area contributed by atoms with E-state index in [9.17, 15) is 4.79 Å². The number of benzene rings is 2. The number of amides is 1. The van der Waals surface area contributed by atoms with Crippen molar-refractivity contribution in [3.8, 4) is 11.5 Å². The number of ether oxygens (including phenoxy) is 2. The normalized spacial score (nSPS) is 11.6. The number of carbonyl (C=O) groups is 1. The minimum atomic E-state index is -0.582. The number of nitrogens with one attached hydrogen (secondary N) is 1. The Kier molecular flexibility index (Phi) is 6.38. The molecule has 0 aliphatic carbocycles. The Morgan fingerprint density at radius 2 is 1.81 bits per heavy atom. The molecule has 1 heterocycles. The Morgan fingerprint density at radius 1 is 1.07 bits per heavy atom. The summed E-state index contributed by atoms with van der Waals surface area (Å²) in [4.78, 5) is 12.5. The van der Waals surface area contributed by atoms with E-state index >= 15 is 0 Å². The number of hydrogen-bond acceptors (Lipinski definition) is 6. The highest BCUT2D eigenvalue weighted by Crippen LogP contribution is 2.21. The lowest BCUT2D eigenvalue weighted by molar-refractivity contribution is -0.122. The lowest BCUT2D eigenvalue weighted by Crippen LogP contribution is -2.32. The number of methoxy groups -OCH3 is 1. The zero-order chi connectivity index (χ0) is 19.1. The molecule has 0 spiro atoms. The van der Waals surface area contributed by atoms with Crippen molar-refractivity contribution in [1.82, 2.24) is 10.2 Å². The number of rotatable bonds is 8. The first-order valence-corrected chi connectivity index (χ1v) is 9.47. The fourth-order valence-corrected chi connectivity index (χ4v) is 3.24. The first kappa shape index (κ1) is 18.8. The molecule has 7 heteroatoms. The van der Waals surface area contributed by atoms with Crippen LogP contribution in [0.15, 0.2) is 54.6 Å². The second-order valence-electron chi connectivity index (χ2n) is 5.84. The minimum absolute atomic E-state index is 0.228. The van der Waals surface area contributed by atoms with Crippen LogP contribution in [0.2, 0.25) is 0 Å². The molecule has 1 atom stereocenters. The van der Waals surface area contributed by atoms with Gasteiger partial charge in [0.25, 0.3) is 5.91 Å². The van der Waals surface area contributed by atoms with Gasteiger partial charge in [-0.25, -0.2) is 0 Å². The van der Waals surface area contributed by atoms with E-state index in [0.29, 0.717) is 23.7 Å². The second kappa shape index (κ2) is 9.14. The zero-order valence-corrected chi connectivity index (χ0v) is 16.0. The zero-order valence-electron chi connectivity index (χ0n) is 15.2. The number of aromatic nitrogens is 2. The van der Waals surface area contributed by atoms with E-state index in [0.717, 1.165) is 16.3 Å². The van der Waals surface area contributed by atoms with Gasteiger partial charge in [-0.3, -0.25) is 10.1 Å². The van der Waals surface area contributed by atoms with Crippen LogP contribution in [0.4, 0.5) is 5.13 Å². The average Bonchev–Trinajstić information content (AvgIpc) is 3.14. The van der Waals surface area contributed by atoms with Crippen molar-refractivity contribution < 1.29 is 14.3 Å². The fraction of sp³-hybridized carbons (Fsp3) is 0.250. The Balaban J connectivity index is 1.59. The fourth-order valence-electron chi connectivity index (χ4n) is 2.47. The van der Waals surface area contributed by atoms with Crippen molar-refractivity contribution in [2.75, 3.05) is 12.4 Å². The molecule has 0 bridgehead atoms. The van der Waals surface area contributed by atoms with Crippen molar-refractivity contribution in [3.05, 3.63) is 65.2 Å². The van der Waals surface area contributed by atoms with Crippen LogP contribution in [0.5, 0.6) is 11.5 Å². The molecule has 3 aromatic rings. The van der Waals surface area contributed by atoms with Crippen LogP contribution < -0.4 is 14.8 Å². The van der Waals surface area contributed by atoms with Crippen LogP contribution >= 0.6 is 11.3 Å². The molecule has 140 valence electrons. The SMILES string of the molecule is CC[C@H](Oc1ccccc1)C(=O)Nc1nnc(Cc2ccc(OC)cc2)s1. The standard InChI is InChI=1S/C20H21N3O3S/c1-3-17(26-16-7-5-4-6-8-16)19(24)21-20-23-22-18(27-20)13-14-9-11-15(25-2)12-10-14/h4-12,17H,3,13H2,1-2H3,(H,21,23,24)/t17-/m0/s1. The van der Waals surface area contributed by atoms with E-state index < -0.39 is 6.10 Å². The smallest absolute Gasteiger partial charge is 0.267 e. The summed E-state index contributed by atoms with van der Waals surface area (Å²) < 4.78 is 10.9. The Labute approximate surface area is 162 Å². The Hall–Kier alpha value is -2.93. The van der Waals surface area contributed by atoms with Crippen molar-refractivity contribution >= 4 is 22.4 Å². The number of para-hydroxylation sites is 1. The summed E-state index contributed by atoms with van der Waals surface area (Å²) >= 11 is 1.36. The van der Waals surface area contributed by atoms with Gasteiger partial charge in [-0.05, 0) is 36.2 Å². The molecular formula is C20H21N3O3S. The van der Waals surface area contributed by atoms with Gasteiger partial charge >= 0.3 is 0 Å². The van der Waals surface area contributed by atoms with Gasteiger partial charge < -0.3 is 9.47 Å². The highest BCUT2D eigenvalue weighted by molar-refractivity contribution is 7.15. The highest BCUT2D eigenvalue weighted by atomic mass is 32.1. The van der Waals surface area contributed by atoms with Crippen molar-refractivity contribution in [2.45, 2.75) is 25.9 Å². The number of carbonyl (C=O) groups excluding carboxylic acids is 1. The first-order chi connectivity index (χ1) is 13.2. The molecule has 0 radical (unpaired) electrons. The van der Waals surface area contributed by atoms with Crippen molar-refractivity contribution in [3.63, 3.8) is 0 Å². The quantitative estimate of drug-likeness (QED) is 0.638. The van der Waals surface area contributed by atoms with Crippen LogP contribution in [-0.4, -0.2) is 29.3 Å². The molecule has 0 aliphatic rings. The third-order valence-electron chi connectivity index (χ3n) is 3.90. The van der Waals surface area contributed by atoms with Crippen LogP contribution in [0.25, 0.3) is 0 Å². The predicted molar refractivity (Wildman–Crippen MR) is 105 cm³/mol. The van der Waals surface area contributed by atoms with E-state index in [1.165, 1.54) is 11.3 Å². The lowest BCUT2D eigenvalue weighted by Gasteiger charge is -2.16. The summed E-state index contributed by atoms with van der Waals surface area (Å²) in [6.07, 6.45) is 0.620. The Morgan fingerprint density at radius 3 is 2.48 bits per heavy atom. The van der Waals surface area contributed by atoms with Gasteiger partial charge in [0.1, 0.15) is 16.5 Å². The molecule has 0 unspecified atom stereocenters. The summed E-state index contributed by atoms with van der Waals surface area (Å²) in [5.74, 6) is 1.25. The average molecular weight is 383 g/mol. The number of nitrogens with zero attached hydrogens (tertiary/aromatic N) is 2. The molecule has 6 nitrogen and oxygen atoms in total. The predicted octanol–water partition coefficient (Wildman–Crippen LogP) is 3.93. The van der Waals surface area contributed by atoms with Gasteiger partial charge in [-0.15, -0.1) is 10.2 Å². The van der Waals surface area contributed by atoms with Gasteiger partial charge in [-0.1, -0.05) is 48.6 Å². The van der Waals surface area contributed by atoms with Crippen LogP contribution in [0.1, 0.15) is 23.9 Å². The van der Waals surface area contributed by atoms with Gasteiger partial charge in [-0.2, -0.15) is 0 Å². The third kappa shape index (κ3) is 5.27. The monoisotopic (exact) mass is 383 g/mol. The highest BCUT2D eigenvalue weighted by Gasteiger charge is 2.20. The molecule has 0 saturated heterocycles. The molecule has 3 rings (SSSR count). The van der Waals surface area contributed by atoms with Crippen LogP contribution in [0, 0.1) is 0 Å². The summed E-state index contributed by atoms with van der Waals surface area (Å²) in [7, 11) is 1.64. The summed E-state index contributed by atoms with van der Waals surface area (Å²) in [5, 5.41) is 12.3. The maximum Gasteiger partial charge on any atom is 0.267 e. The van der Waals surface area contributed by atoms with Gasteiger partial charge in [0.15, 0.2) is 6.10 Å². The molecule has 0 aliphatic heterocycles. The molecule has 1 aromatic heterocycles. The van der Waals surface area contributed by atoms with Crippen molar-refractivity contribution in [2.24, 2.45) is 0 Å². The van der Waals surface area contributed by atoms with Gasteiger partial charge in [0.05, 0.1) is 7.11 Å². The topological polar surface area (TPSA) is 73.3 Å². The first-order valence-electron chi connectivity index (χ1n) is 8.65. The summed E-state index contributed by atoms with van der Waals surface area (Å²) in [6.45, 7) is 1.91. The second-order valence-corrected chi connectivity index (χ2v) is 6.90. The van der Waals surface area contributed by atoms with Crippen molar-refractivity contribution in [1.29, 1.82) is 0 Å². The summed E-state index contributed by atoms with van der Waals surface area (Å²) in [5.41, 5.74) is 1.10. The van der Waals surface area contributed by atoms with E-state index in [-0.39, 0.29) is 5.91 Å².